The minimum Gasteiger partial charge on any atom is -0.274 e. The van der Waals surface area contributed by atoms with Crippen LogP contribution in [0.5, 0.6) is 0 Å². The van der Waals surface area contributed by atoms with E-state index in [0.29, 0.717) is 18.5 Å². The van der Waals surface area contributed by atoms with Crippen LogP contribution < -0.4 is 4.90 Å². The monoisotopic (exact) mass is 309 g/mol. The molecule has 1 fully saturated rings. The molecular weight excluding hydrogens is 294 g/mol. The molecule has 1 heterocycles. The van der Waals surface area contributed by atoms with E-state index in [-0.39, 0.29) is 17.2 Å². The Labute approximate surface area is 115 Å². The van der Waals surface area contributed by atoms with E-state index >= 15 is 0 Å². The first-order chi connectivity index (χ1) is 8.28. The van der Waals surface area contributed by atoms with Crippen LogP contribution in [0.1, 0.15) is 32.3 Å². The lowest BCUT2D eigenvalue weighted by atomic mass is 9.81. The molecule has 18 heavy (non-hydrogen) atoms. The largest absolute Gasteiger partial charge is 0.274 e. The molecule has 0 spiro atoms. The van der Waals surface area contributed by atoms with E-state index < -0.39 is 0 Å². The maximum atomic E-state index is 12.1. The molecule has 1 aliphatic heterocycles. The molecule has 3 nitrogen and oxygen atoms in total. The van der Waals surface area contributed by atoms with Gasteiger partial charge in [-0.1, -0.05) is 29.8 Å². The van der Waals surface area contributed by atoms with Crippen LogP contribution >= 0.6 is 15.9 Å². The summed E-state index contributed by atoms with van der Waals surface area (Å²) in [6, 6.07) is 5.62. The van der Waals surface area contributed by atoms with Crippen LogP contribution in [0.3, 0.4) is 0 Å². The molecular formula is C14H16BrNO2. The number of anilines is 1. The van der Waals surface area contributed by atoms with Gasteiger partial charge in [-0.05, 0) is 36.1 Å². The van der Waals surface area contributed by atoms with Crippen LogP contribution in [0, 0.1) is 12.3 Å². The molecule has 2 amide bonds. The number of aryl methyl sites for hydroxylation is 1. The van der Waals surface area contributed by atoms with Gasteiger partial charge < -0.3 is 0 Å². The van der Waals surface area contributed by atoms with Crippen molar-refractivity contribution >= 4 is 33.4 Å². The zero-order valence-electron chi connectivity index (χ0n) is 10.8. The second-order valence-corrected chi connectivity index (χ2v) is 6.54. The summed E-state index contributed by atoms with van der Waals surface area (Å²) in [5, 5.41) is 0. The molecule has 0 aromatic heterocycles. The fourth-order valence-corrected chi connectivity index (χ4v) is 2.91. The molecule has 0 atom stereocenters. The molecule has 0 aliphatic carbocycles. The summed E-state index contributed by atoms with van der Waals surface area (Å²) < 4.78 is 0.878. The first-order valence-corrected chi connectivity index (χ1v) is 6.71. The van der Waals surface area contributed by atoms with Gasteiger partial charge in [0.15, 0.2) is 0 Å². The molecule has 1 aromatic rings. The highest BCUT2D eigenvalue weighted by atomic mass is 79.9. The molecule has 0 radical (unpaired) electrons. The Balaban J connectivity index is 2.39. The predicted octanol–water partition coefficient (Wildman–Crippen LogP) is 3.44. The van der Waals surface area contributed by atoms with Crippen molar-refractivity contribution < 1.29 is 9.59 Å². The number of carbonyl (C=O) groups excluding carboxylic acids is 2. The average molecular weight is 310 g/mol. The normalized spacial score (nSPS) is 19.2. The Morgan fingerprint density at radius 3 is 2.17 bits per heavy atom. The summed E-state index contributed by atoms with van der Waals surface area (Å²) in [5.74, 6) is -0.234. The number of hydrogen-bond donors (Lipinski definition) is 0. The third kappa shape index (κ3) is 2.64. The zero-order valence-corrected chi connectivity index (χ0v) is 12.4. The summed E-state index contributed by atoms with van der Waals surface area (Å²) in [5.41, 5.74) is 1.45. The van der Waals surface area contributed by atoms with E-state index in [0.717, 1.165) is 10.0 Å². The fourth-order valence-electron chi connectivity index (χ4n) is 2.31. The average Bonchev–Trinajstić information content (AvgIpc) is 2.11. The number of benzene rings is 1. The van der Waals surface area contributed by atoms with Gasteiger partial charge in [0.1, 0.15) is 0 Å². The molecule has 0 bridgehead atoms. The van der Waals surface area contributed by atoms with Crippen molar-refractivity contribution in [3.63, 3.8) is 0 Å². The number of rotatable bonds is 1. The number of carbonyl (C=O) groups is 2. The number of amides is 2. The fraction of sp³-hybridized carbons (Fsp3) is 0.429. The maximum Gasteiger partial charge on any atom is 0.234 e. The Morgan fingerprint density at radius 2 is 1.67 bits per heavy atom. The second-order valence-electron chi connectivity index (χ2n) is 5.63. The summed E-state index contributed by atoms with van der Waals surface area (Å²) >= 11 is 3.39. The molecule has 0 N–H and O–H groups in total. The van der Waals surface area contributed by atoms with Crippen molar-refractivity contribution in [1.82, 2.24) is 0 Å². The number of nitrogens with zero attached hydrogens (tertiary/aromatic N) is 1. The van der Waals surface area contributed by atoms with E-state index in [1.807, 2.05) is 32.9 Å². The van der Waals surface area contributed by atoms with Gasteiger partial charge in [0.05, 0.1) is 5.69 Å². The van der Waals surface area contributed by atoms with E-state index in [4.69, 9.17) is 0 Å². The molecule has 2 rings (SSSR count). The van der Waals surface area contributed by atoms with Gasteiger partial charge in [0.2, 0.25) is 11.8 Å². The summed E-state index contributed by atoms with van der Waals surface area (Å²) in [6.45, 7) is 5.84. The molecule has 96 valence electrons. The van der Waals surface area contributed by atoms with Gasteiger partial charge in [-0.2, -0.15) is 0 Å². The molecule has 1 saturated heterocycles. The summed E-state index contributed by atoms with van der Waals surface area (Å²) in [6.07, 6.45) is 0.814. The Morgan fingerprint density at radius 1 is 1.11 bits per heavy atom. The van der Waals surface area contributed by atoms with E-state index in [2.05, 4.69) is 15.9 Å². The van der Waals surface area contributed by atoms with Crippen molar-refractivity contribution in [2.45, 2.75) is 33.6 Å². The number of hydrogen-bond acceptors (Lipinski definition) is 2. The summed E-state index contributed by atoms with van der Waals surface area (Å²) in [4.78, 5) is 25.6. The van der Waals surface area contributed by atoms with Gasteiger partial charge in [0, 0.05) is 17.3 Å². The molecule has 0 unspecified atom stereocenters. The van der Waals surface area contributed by atoms with Crippen molar-refractivity contribution in [3.05, 3.63) is 28.2 Å². The number of imide groups is 1. The van der Waals surface area contributed by atoms with Crippen LogP contribution in [-0.4, -0.2) is 11.8 Å². The van der Waals surface area contributed by atoms with Crippen molar-refractivity contribution in [2.24, 2.45) is 5.41 Å². The third-order valence-electron chi connectivity index (χ3n) is 3.04. The minimum absolute atomic E-state index is 0.117. The van der Waals surface area contributed by atoms with Crippen LogP contribution in [0.15, 0.2) is 22.7 Å². The highest BCUT2D eigenvalue weighted by Crippen LogP contribution is 2.35. The van der Waals surface area contributed by atoms with E-state index in [1.165, 1.54) is 4.90 Å². The topological polar surface area (TPSA) is 37.4 Å². The van der Waals surface area contributed by atoms with Gasteiger partial charge >= 0.3 is 0 Å². The SMILES string of the molecule is Cc1cc(Br)cc(N2C(=O)CC(C)(C)CC2=O)c1. The Bertz CT molecular complexity index is 482. The van der Waals surface area contributed by atoms with Gasteiger partial charge in [-0.25, -0.2) is 0 Å². The smallest absolute Gasteiger partial charge is 0.234 e. The lowest BCUT2D eigenvalue weighted by Gasteiger charge is -2.34. The lowest BCUT2D eigenvalue weighted by molar-refractivity contribution is -0.132. The van der Waals surface area contributed by atoms with Crippen molar-refractivity contribution in [2.75, 3.05) is 4.90 Å². The number of halogens is 1. The molecule has 0 saturated carbocycles. The summed E-state index contributed by atoms with van der Waals surface area (Å²) in [7, 11) is 0. The highest BCUT2D eigenvalue weighted by molar-refractivity contribution is 9.10. The van der Waals surface area contributed by atoms with E-state index in [9.17, 15) is 9.59 Å². The maximum absolute atomic E-state index is 12.1. The molecule has 4 heteroatoms. The van der Waals surface area contributed by atoms with Crippen LogP contribution in [-0.2, 0) is 9.59 Å². The van der Waals surface area contributed by atoms with E-state index in [1.54, 1.807) is 6.07 Å². The first-order valence-electron chi connectivity index (χ1n) is 5.91. The van der Waals surface area contributed by atoms with Gasteiger partial charge in [-0.3, -0.25) is 14.5 Å². The third-order valence-corrected chi connectivity index (χ3v) is 3.50. The van der Waals surface area contributed by atoms with Crippen LogP contribution in [0.4, 0.5) is 5.69 Å². The second kappa shape index (κ2) is 4.50. The molecule has 1 aliphatic rings. The molecule has 1 aromatic carbocycles. The van der Waals surface area contributed by atoms with Gasteiger partial charge in [0.25, 0.3) is 0 Å². The van der Waals surface area contributed by atoms with Crippen LogP contribution in [0.2, 0.25) is 0 Å². The Kier molecular flexibility index (Phi) is 3.32. The van der Waals surface area contributed by atoms with Crippen molar-refractivity contribution in [1.29, 1.82) is 0 Å². The minimum atomic E-state index is -0.230. The number of piperidine rings is 1. The first kappa shape index (κ1) is 13.3. The van der Waals surface area contributed by atoms with Gasteiger partial charge in [-0.15, -0.1) is 0 Å². The van der Waals surface area contributed by atoms with Crippen molar-refractivity contribution in [3.8, 4) is 0 Å². The van der Waals surface area contributed by atoms with Crippen LogP contribution in [0.25, 0.3) is 0 Å². The zero-order chi connectivity index (χ0) is 13.5. The Hall–Kier alpha value is -1.16. The highest BCUT2D eigenvalue weighted by Gasteiger charge is 2.38. The lowest BCUT2D eigenvalue weighted by Crippen LogP contribution is -2.46. The standard InChI is InChI=1S/C14H16BrNO2/c1-9-4-10(15)6-11(5-9)16-12(17)7-14(2,3)8-13(16)18/h4-6H,7-8H2,1-3H3. The quantitative estimate of drug-likeness (QED) is 0.745. The predicted molar refractivity (Wildman–Crippen MR) is 74.4 cm³/mol.